The summed E-state index contributed by atoms with van der Waals surface area (Å²) in [6, 6.07) is 20.8. The molecular weight excluding hydrogens is 374 g/mol. The van der Waals surface area contributed by atoms with Crippen LogP contribution in [0.4, 0.5) is 10.5 Å². The van der Waals surface area contributed by atoms with Crippen molar-refractivity contribution >= 4 is 33.4 Å². The molecule has 0 unspecified atom stereocenters. The summed E-state index contributed by atoms with van der Waals surface area (Å²) in [4.78, 5) is 11.7. The molecule has 1 amide bonds. The normalized spacial score (nSPS) is 11.1. The largest absolute Gasteiger partial charge is 0.464 e. The van der Waals surface area contributed by atoms with Crippen LogP contribution >= 0.6 is 11.6 Å². The second kappa shape index (κ2) is 7.19. The maximum absolute atomic E-state index is 13.2. The summed E-state index contributed by atoms with van der Waals surface area (Å²) < 4.78 is 26.7. The molecule has 1 N–H and O–H groups in total. The highest BCUT2D eigenvalue weighted by Gasteiger charge is 2.32. The van der Waals surface area contributed by atoms with Gasteiger partial charge in [-0.1, -0.05) is 60.1 Å². The van der Waals surface area contributed by atoms with Crippen LogP contribution in [0.2, 0.25) is 5.02 Å². The van der Waals surface area contributed by atoms with Gasteiger partial charge in [0.15, 0.2) is 0 Å². The molecule has 0 atom stereocenters. The molecule has 5 nitrogen and oxygen atoms in total. The Morgan fingerprint density at radius 1 is 0.846 bits per heavy atom. The first-order chi connectivity index (χ1) is 12.4. The lowest BCUT2D eigenvalue weighted by Crippen LogP contribution is -2.36. The maximum atomic E-state index is 13.2. The highest BCUT2D eigenvalue weighted by atomic mass is 35.5. The monoisotopic (exact) mass is 387 g/mol. The van der Waals surface area contributed by atoms with E-state index in [0.29, 0.717) is 20.5 Å². The third-order valence-corrected chi connectivity index (χ3v) is 5.74. The Labute approximate surface area is 156 Å². The molecule has 0 radical (unpaired) electrons. The average molecular weight is 388 g/mol. The van der Waals surface area contributed by atoms with E-state index in [1.54, 1.807) is 42.5 Å². The van der Waals surface area contributed by atoms with Crippen LogP contribution in [0.25, 0.3) is 11.1 Å². The number of carbonyl (C=O) groups is 1. The van der Waals surface area contributed by atoms with Gasteiger partial charge in [-0.15, -0.1) is 0 Å². The van der Waals surface area contributed by atoms with Crippen LogP contribution in [-0.2, 0) is 10.0 Å². The number of anilines is 1. The third-order valence-electron chi connectivity index (χ3n) is 3.72. The van der Waals surface area contributed by atoms with Gasteiger partial charge in [-0.3, -0.25) is 0 Å². The van der Waals surface area contributed by atoms with E-state index in [-0.39, 0.29) is 10.6 Å². The highest BCUT2D eigenvalue weighted by molar-refractivity contribution is 7.93. The Morgan fingerprint density at radius 2 is 1.42 bits per heavy atom. The topological polar surface area (TPSA) is 74.7 Å². The summed E-state index contributed by atoms with van der Waals surface area (Å²) in [5.74, 6) is 0. The predicted molar refractivity (Wildman–Crippen MR) is 101 cm³/mol. The summed E-state index contributed by atoms with van der Waals surface area (Å²) in [5, 5.41) is 9.94. The highest BCUT2D eigenvalue weighted by Crippen LogP contribution is 2.32. The molecule has 26 heavy (non-hydrogen) atoms. The Balaban J connectivity index is 2.18. The number of hydrogen-bond acceptors (Lipinski definition) is 3. The summed E-state index contributed by atoms with van der Waals surface area (Å²) in [6.07, 6.45) is -1.60. The van der Waals surface area contributed by atoms with E-state index in [9.17, 15) is 18.3 Å². The Hall–Kier alpha value is -2.83. The minimum Gasteiger partial charge on any atom is -0.464 e. The maximum Gasteiger partial charge on any atom is 0.426 e. The van der Waals surface area contributed by atoms with Crippen molar-refractivity contribution < 1.29 is 18.3 Å². The van der Waals surface area contributed by atoms with E-state index in [1.165, 1.54) is 30.3 Å². The third kappa shape index (κ3) is 3.42. The van der Waals surface area contributed by atoms with E-state index < -0.39 is 16.1 Å². The number of halogens is 1. The second-order valence-electron chi connectivity index (χ2n) is 5.39. The molecule has 0 heterocycles. The van der Waals surface area contributed by atoms with Crippen LogP contribution in [-0.4, -0.2) is 19.6 Å². The van der Waals surface area contributed by atoms with Crippen LogP contribution in [0.1, 0.15) is 0 Å². The minimum absolute atomic E-state index is 0.00948. The fourth-order valence-electron chi connectivity index (χ4n) is 2.57. The van der Waals surface area contributed by atoms with Crippen LogP contribution < -0.4 is 4.31 Å². The van der Waals surface area contributed by atoms with Crippen molar-refractivity contribution in [2.75, 3.05) is 4.31 Å². The molecule has 0 bridgehead atoms. The number of hydrogen-bond donors (Lipinski definition) is 1. The van der Waals surface area contributed by atoms with E-state index in [2.05, 4.69) is 0 Å². The van der Waals surface area contributed by atoms with Crippen LogP contribution in [0.15, 0.2) is 83.8 Å². The van der Waals surface area contributed by atoms with Gasteiger partial charge in [-0.2, -0.15) is 4.31 Å². The molecule has 3 aromatic carbocycles. The molecule has 0 spiro atoms. The molecule has 0 aliphatic heterocycles. The Bertz CT molecular complexity index is 1030. The zero-order chi connectivity index (χ0) is 18.7. The molecule has 0 aromatic heterocycles. The van der Waals surface area contributed by atoms with Gasteiger partial charge < -0.3 is 5.11 Å². The first-order valence-electron chi connectivity index (χ1n) is 7.59. The summed E-state index contributed by atoms with van der Waals surface area (Å²) >= 11 is 5.82. The standard InChI is InChI=1S/C19H14ClNO4S/c20-15-10-12-16(13-11-15)21(19(22)23)26(24,25)18-9-5-4-8-17(18)14-6-2-1-3-7-14/h1-13H,(H,22,23). The van der Waals surface area contributed by atoms with Crippen molar-refractivity contribution in [3.05, 3.63) is 83.9 Å². The Kier molecular flexibility index (Phi) is 4.97. The fraction of sp³-hybridized carbons (Fsp3) is 0. The quantitative estimate of drug-likeness (QED) is 0.692. The smallest absolute Gasteiger partial charge is 0.426 e. The van der Waals surface area contributed by atoms with Gasteiger partial charge >= 0.3 is 6.09 Å². The van der Waals surface area contributed by atoms with E-state index in [1.807, 2.05) is 6.07 Å². The lowest BCUT2D eigenvalue weighted by atomic mass is 10.1. The summed E-state index contributed by atoms with van der Waals surface area (Å²) in [6.45, 7) is 0. The number of amides is 1. The number of nitrogens with zero attached hydrogens (tertiary/aromatic N) is 1. The molecule has 132 valence electrons. The van der Waals surface area contributed by atoms with Crippen molar-refractivity contribution in [3.8, 4) is 11.1 Å². The van der Waals surface area contributed by atoms with Crippen molar-refractivity contribution in [1.29, 1.82) is 0 Å². The number of rotatable bonds is 4. The zero-order valence-electron chi connectivity index (χ0n) is 13.4. The zero-order valence-corrected chi connectivity index (χ0v) is 15.0. The SMILES string of the molecule is O=C(O)N(c1ccc(Cl)cc1)S(=O)(=O)c1ccccc1-c1ccccc1. The number of sulfonamides is 1. The molecule has 3 aromatic rings. The number of benzene rings is 3. The van der Waals surface area contributed by atoms with Crippen molar-refractivity contribution in [1.82, 2.24) is 0 Å². The molecule has 3 rings (SSSR count). The molecule has 7 heteroatoms. The van der Waals surface area contributed by atoms with E-state index in [0.717, 1.165) is 0 Å². The van der Waals surface area contributed by atoms with Crippen molar-refractivity contribution in [3.63, 3.8) is 0 Å². The van der Waals surface area contributed by atoms with Gasteiger partial charge in [0.05, 0.1) is 10.6 Å². The molecule has 0 saturated carbocycles. The summed E-state index contributed by atoms with van der Waals surface area (Å²) in [5.41, 5.74) is 1.09. The van der Waals surface area contributed by atoms with E-state index >= 15 is 0 Å². The second-order valence-corrected chi connectivity index (χ2v) is 7.58. The van der Waals surface area contributed by atoms with Crippen LogP contribution in [0, 0.1) is 0 Å². The van der Waals surface area contributed by atoms with Gasteiger partial charge in [0.25, 0.3) is 10.0 Å². The van der Waals surface area contributed by atoms with Gasteiger partial charge in [0.1, 0.15) is 0 Å². The first-order valence-corrected chi connectivity index (χ1v) is 9.41. The van der Waals surface area contributed by atoms with Crippen molar-refractivity contribution in [2.45, 2.75) is 4.90 Å². The molecular formula is C19H14ClNO4S. The van der Waals surface area contributed by atoms with Crippen molar-refractivity contribution in [2.24, 2.45) is 0 Å². The average Bonchev–Trinajstić information content (AvgIpc) is 2.64. The lowest BCUT2D eigenvalue weighted by Gasteiger charge is -2.21. The molecule has 0 saturated heterocycles. The molecule has 0 aliphatic rings. The van der Waals surface area contributed by atoms with Gasteiger partial charge in [-0.05, 0) is 35.9 Å². The Morgan fingerprint density at radius 3 is 2.04 bits per heavy atom. The minimum atomic E-state index is -4.35. The van der Waals surface area contributed by atoms with Crippen LogP contribution in [0.5, 0.6) is 0 Å². The molecule has 0 aliphatic carbocycles. The van der Waals surface area contributed by atoms with Gasteiger partial charge in [-0.25, -0.2) is 13.2 Å². The van der Waals surface area contributed by atoms with Gasteiger partial charge in [0.2, 0.25) is 0 Å². The lowest BCUT2D eigenvalue weighted by molar-refractivity contribution is 0.206. The van der Waals surface area contributed by atoms with Gasteiger partial charge in [0, 0.05) is 10.6 Å². The first kappa shape index (κ1) is 18.0. The molecule has 0 fully saturated rings. The fourth-order valence-corrected chi connectivity index (χ4v) is 4.22. The van der Waals surface area contributed by atoms with Crippen LogP contribution in [0.3, 0.4) is 0 Å². The van der Waals surface area contributed by atoms with E-state index in [4.69, 9.17) is 11.6 Å². The summed E-state index contributed by atoms with van der Waals surface area (Å²) in [7, 11) is -4.35. The predicted octanol–water partition coefficient (Wildman–Crippen LogP) is 4.88. The number of carboxylic acid groups (broad SMARTS) is 1.